The Morgan fingerprint density at radius 1 is 1.17 bits per heavy atom. The number of benzene rings is 1. The topological polar surface area (TPSA) is 35.6 Å². The average Bonchev–Trinajstić information content (AvgIpc) is 3.01. The molecule has 23 heavy (non-hydrogen) atoms. The van der Waals surface area contributed by atoms with Gasteiger partial charge in [-0.3, -0.25) is 9.69 Å². The van der Waals surface area contributed by atoms with Crippen molar-refractivity contribution < 1.29 is 4.79 Å². The summed E-state index contributed by atoms with van der Waals surface area (Å²) in [6.45, 7) is 7.81. The van der Waals surface area contributed by atoms with E-state index in [2.05, 4.69) is 53.2 Å². The predicted molar refractivity (Wildman–Crippen MR) is 94.8 cm³/mol. The Morgan fingerprint density at radius 3 is 2.52 bits per heavy atom. The van der Waals surface area contributed by atoms with Gasteiger partial charge >= 0.3 is 0 Å². The molecule has 1 aromatic carbocycles. The molecule has 1 saturated carbocycles. The first-order valence-electron chi connectivity index (χ1n) is 8.97. The second kappa shape index (κ2) is 7.35. The Morgan fingerprint density at radius 2 is 1.87 bits per heavy atom. The van der Waals surface area contributed by atoms with Crippen LogP contribution in [0, 0.1) is 6.92 Å². The fourth-order valence-corrected chi connectivity index (χ4v) is 3.84. The molecule has 126 valence electrons. The highest BCUT2D eigenvalue weighted by Crippen LogP contribution is 2.21. The zero-order chi connectivity index (χ0) is 16.2. The van der Waals surface area contributed by atoms with Crippen molar-refractivity contribution in [2.24, 2.45) is 0 Å². The van der Waals surface area contributed by atoms with E-state index >= 15 is 0 Å². The Bertz CT molecular complexity index is 522. The molecule has 1 N–H and O–H groups in total. The van der Waals surface area contributed by atoms with Crippen molar-refractivity contribution in [3.05, 3.63) is 29.8 Å². The van der Waals surface area contributed by atoms with Crippen LogP contribution in [0.2, 0.25) is 0 Å². The number of rotatable bonds is 4. The van der Waals surface area contributed by atoms with Crippen LogP contribution >= 0.6 is 0 Å². The van der Waals surface area contributed by atoms with Gasteiger partial charge in [-0.05, 0) is 38.8 Å². The number of aryl methyl sites for hydroxylation is 1. The van der Waals surface area contributed by atoms with Crippen LogP contribution in [0.4, 0.5) is 5.69 Å². The summed E-state index contributed by atoms with van der Waals surface area (Å²) >= 11 is 0. The molecule has 0 unspecified atom stereocenters. The average molecular weight is 315 g/mol. The van der Waals surface area contributed by atoms with Gasteiger partial charge in [0.1, 0.15) is 0 Å². The first kappa shape index (κ1) is 16.3. The van der Waals surface area contributed by atoms with Gasteiger partial charge in [0, 0.05) is 37.4 Å². The minimum atomic E-state index is 0.202. The highest BCUT2D eigenvalue weighted by Gasteiger charge is 2.26. The minimum Gasteiger partial charge on any atom is -0.366 e. The second-order valence-electron chi connectivity index (χ2n) is 7.16. The number of anilines is 1. The number of carbonyl (C=O) groups excluding carboxylic acids is 1. The summed E-state index contributed by atoms with van der Waals surface area (Å²) < 4.78 is 0. The maximum absolute atomic E-state index is 12.2. The number of hydrogen-bond donors (Lipinski definition) is 1. The number of nitrogens with zero attached hydrogens (tertiary/aromatic N) is 2. The molecule has 0 aromatic heterocycles. The van der Waals surface area contributed by atoms with Crippen LogP contribution in [0.5, 0.6) is 0 Å². The van der Waals surface area contributed by atoms with Crippen LogP contribution in [-0.2, 0) is 4.79 Å². The number of amides is 1. The van der Waals surface area contributed by atoms with E-state index in [0.29, 0.717) is 18.6 Å². The van der Waals surface area contributed by atoms with Gasteiger partial charge in [-0.1, -0.05) is 30.5 Å². The maximum atomic E-state index is 12.2. The van der Waals surface area contributed by atoms with E-state index < -0.39 is 0 Å². The summed E-state index contributed by atoms with van der Waals surface area (Å²) in [6, 6.07) is 9.61. The summed E-state index contributed by atoms with van der Waals surface area (Å²) in [5.74, 6) is 0.202. The van der Waals surface area contributed by atoms with Crippen molar-refractivity contribution in [2.45, 2.75) is 51.6 Å². The van der Waals surface area contributed by atoms with Gasteiger partial charge in [-0.25, -0.2) is 0 Å². The molecular weight excluding hydrogens is 286 g/mol. The van der Waals surface area contributed by atoms with Crippen molar-refractivity contribution in [3.63, 3.8) is 0 Å². The third-order valence-corrected chi connectivity index (χ3v) is 5.16. The van der Waals surface area contributed by atoms with Crippen LogP contribution in [0.1, 0.15) is 38.2 Å². The van der Waals surface area contributed by atoms with Crippen molar-refractivity contribution in [1.29, 1.82) is 0 Å². The Kier molecular flexibility index (Phi) is 5.21. The fourth-order valence-electron chi connectivity index (χ4n) is 3.84. The molecule has 3 rings (SSSR count). The summed E-state index contributed by atoms with van der Waals surface area (Å²) in [5, 5.41) is 3.20. The summed E-state index contributed by atoms with van der Waals surface area (Å²) in [6.07, 6.45) is 4.83. The van der Waals surface area contributed by atoms with Crippen LogP contribution in [0.25, 0.3) is 0 Å². The number of carbonyl (C=O) groups is 1. The fraction of sp³-hybridized carbons (Fsp3) is 0.632. The van der Waals surface area contributed by atoms with Crippen LogP contribution in [0.3, 0.4) is 0 Å². The molecule has 4 heteroatoms. The molecule has 0 bridgehead atoms. The third-order valence-electron chi connectivity index (χ3n) is 5.16. The molecular formula is C19H29N3O. The highest BCUT2D eigenvalue weighted by atomic mass is 16.2. The lowest BCUT2D eigenvalue weighted by molar-refractivity contribution is -0.123. The van der Waals surface area contributed by atoms with Crippen LogP contribution in [0.15, 0.2) is 24.3 Å². The molecule has 1 aliphatic carbocycles. The number of piperazine rings is 1. The van der Waals surface area contributed by atoms with Crippen molar-refractivity contribution in [3.8, 4) is 0 Å². The molecule has 1 saturated heterocycles. The standard InChI is InChI=1S/C19H29N3O/c1-15-7-9-18(10-8-15)22-12-11-21(13-16(22)2)14-19(23)20-17-5-3-4-6-17/h7-10,16-17H,3-6,11-14H2,1-2H3,(H,20,23)/t16-/m1/s1. The summed E-state index contributed by atoms with van der Waals surface area (Å²) in [4.78, 5) is 16.9. The third kappa shape index (κ3) is 4.25. The van der Waals surface area contributed by atoms with E-state index in [1.54, 1.807) is 0 Å². The number of hydrogen-bond acceptors (Lipinski definition) is 3. The number of nitrogens with one attached hydrogen (secondary N) is 1. The largest absolute Gasteiger partial charge is 0.366 e. The van der Waals surface area contributed by atoms with Gasteiger partial charge in [0.05, 0.1) is 6.54 Å². The van der Waals surface area contributed by atoms with Crippen LogP contribution in [-0.4, -0.2) is 49.1 Å². The van der Waals surface area contributed by atoms with Crippen molar-refractivity contribution in [2.75, 3.05) is 31.1 Å². The molecule has 1 aliphatic heterocycles. The lowest BCUT2D eigenvalue weighted by Crippen LogP contribution is -2.54. The monoisotopic (exact) mass is 315 g/mol. The summed E-state index contributed by atoms with van der Waals surface area (Å²) in [5.41, 5.74) is 2.58. The van der Waals surface area contributed by atoms with Crippen molar-refractivity contribution in [1.82, 2.24) is 10.2 Å². The maximum Gasteiger partial charge on any atom is 0.234 e. The van der Waals surface area contributed by atoms with Crippen molar-refractivity contribution >= 4 is 11.6 Å². The molecule has 0 radical (unpaired) electrons. The molecule has 0 spiro atoms. The molecule has 2 aliphatic rings. The molecule has 1 heterocycles. The predicted octanol–water partition coefficient (Wildman–Crippen LogP) is 2.56. The van der Waals surface area contributed by atoms with Crippen LogP contribution < -0.4 is 10.2 Å². The highest BCUT2D eigenvalue weighted by molar-refractivity contribution is 5.78. The van der Waals surface area contributed by atoms with E-state index in [9.17, 15) is 4.79 Å². The Hall–Kier alpha value is -1.55. The second-order valence-corrected chi connectivity index (χ2v) is 7.16. The summed E-state index contributed by atoms with van der Waals surface area (Å²) in [7, 11) is 0. The van der Waals surface area contributed by atoms with E-state index in [1.165, 1.54) is 24.1 Å². The van der Waals surface area contributed by atoms with Gasteiger partial charge in [0.15, 0.2) is 0 Å². The lowest BCUT2D eigenvalue weighted by Gasteiger charge is -2.41. The molecule has 1 aromatic rings. The zero-order valence-electron chi connectivity index (χ0n) is 14.4. The normalized spacial score (nSPS) is 23.2. The van der Waals surface area contributed by atoms with Gasteiger partial charge in [-0.2, -0.15) is 0 Å². The lowest BCUT2D eigenvalue weighted by atomic mass is 10.1. The van der Waals surface area contributed by atoms with Gasteiger partial charge in [0.25, 0.3) is 0 Å². The van der Waals surface area contributed by atoms with E-state index in [1.807, 2.05) is 0 Å². The van der Waals surface area contributed by atoms with Gasteiger partial charge in [0.2, 0.25) is 5.91 Å². The molecule has 4 nitrogen and oxygen atoms in total. The van der Waals surface area contributed by atoms with E-state index in [4.69, 9.17) is 0 Å². The van der Waals surface area contributed by atoms with Gasteiger partial charge in [-0.15, -0.1) is 0 Å². The Balaban J connectivity index is 1.49. The van der Waals surface area contributed by atoms with E-state index in [0.717, 1.165) is 32.5 Å². The first-order valence-corrected chi connectivity index (χ1v) is 8.97. The zero-order valence-corrected chi connectivity index (χ0v) is 14.4. The minimum absolute atomic E-state index is 0.202. The Labute approximate surface area is 139 Å². The smallest absolute Gasteiger partial charge is 0.234 e. The van der Waals surface area contributed by atoms with E-state index in [-0.39, 0.29) is 5.91 Å². The molecule has 1 amide bonds. The molecule has 2 fully saturated rings. The van der Waals surface area contributed by atoms with Gasteiger partial charge < -0.3 is 10.2 Å². The SMILES string of the molecule is Cc1ccc(N2CCN(CC(=O)NC3CCCC3)C[C@H]2C)cc1. The first-order chi connectivity index (χ1) is 11.1. The quantitative estimate of drug-likeness (QED) is 0.927. The molecule has 1 atom stereocenters.